The van der Waals surface area contributed by atoms with Crippen LogP contribution in [0.5, 0.6) is 0 Å². The normalized spacial score (nSPS) is 16.6. The maximum absolute atomic E-state index is 12.3. The standard InChI is InChI=1S/C14H16ClN3O3S/c15-11-2-1-3-14(8-11)22(19,20)17-12-9-16-18(10-12)13-4-6-21-7-5-13/h1-3,8-10,13,17H,4-7H2. The monoisotopic (exact) mass is 341 g/mol. The molecule has 0 aliphatic carbocycles. The first-order valence-electron chi connectivity index (χ1n) is 6.95. The molecular formula is C14H16ClN3O3S. The van der Waals surface area contributed by atoms with Gasteiger partial charge in [-0.05, 0) is 31.0 Å². The van der Waals surface area contributed by atoms with E-state index < -0.39 is 10.0 Å². The Morgan fingerprint density at radius 2 is 2.09 bits per heavy atom. The van der Waals surface area contributed by atoms with E-state index in [1.165, 1.54) is 18.3 Å². The molecule has 0 saturated carbocycles. The van der Waals surface area contributed by atoms with Crippen LogP contribution < -0.4 is 4.72 Å². The highest BCUT2D eigenvalue weighted by Crippen LogP contribution is 2.23. The SMILES string of the molecule is O=S(=O)(Nc1cnn(C2CCOCC2)c1)c1cccc(Cl)c1. The van der Waals surface area contributed by atoms with Gasteiger partial charge in [0.1, 0.15) is 0 Å². The van der Waals surface area contributed by atoms with Gasteiger partial charge in [0.05, 0.1) is 22.8 Å². The van der Waals surface area contributed by atoms with E-state index in [1.807, 2.05) is 0 Å². The Kier molecular flexibility index (Phi) is 4.37. The molecule has 8 heteroatoms. The molecule has 1 aromatic carbocycles. The number of nitrogens with one attached hydrogen (secondary N) is 1. The van der Waals surface area contributed by atoms with Crippen molar-refractivity contribution >= 4 is 27.3 Å². The Morgan fingerprint density at radius 1 is 1.32 bits per heavy atom. The lowest BCUT2D eigenvalue weighted by molar-refractivity contribution is 0.0662. The molecule has 118 valence electrons. The van der Waals surface area contributed by atoms with Crippen molar-refractivity contribution in [2.75, 3.05) is 17.9 Å². The summed E-state index contributed by atoms with van der Waals surface area (Å²) in [6.45, 7) is 1.40. The van der Waals surface area contributed by atoms with E-state index in [9.17, 15) is 8.42 Å². The van der Waals surface area contributed by atoms with Crippen LogP contribution in [0.4, 0.5) is 5.69 Å². The number of aromatic nitrogens is 2. The van der Waals surface area contributed by atoms with E-state index in [4.69, 9.17) is 16.3 Å². The largest absolute Gasteiger partial charge is 0.381 e. The van der Waals surface area contributed by atoms with Gasteiger partial charge in [0.2, 0.25) is 0 Å². The second-order valence-corrected chi connectivity index (χ2v) is 7.23. The van der Waals surface area contributed by atoms with Crippen LogP contribution in [0.2, 0.25) is 5.02 Å². The lowest BCUT2D eigenvalue weighted by Gasteiger charge is -2.22. The number of ether oxygens (including phenoxy) is 1. The summed E-state index contributed by atoms with van der Waals surface area (Å²) in [4.78, 5) is 0.124. The van der Waals surface area contributed by atoms with Gasteiger partial charge in [-0.15, -0.1) is 0 Å². The van der Waals surface area contributed by atoms with Crippen LogP contribution in [0.1, 0.15) is 18.9 Å². The van der Waals surface area contributed by atoms with E-state index in [-0.39, 0.29) is 10.9 Å². The maximum Gasteiger partial charge on any atom is 0.262 e. The molecule has 1 saturated heterocycles. The van der Waals surface area contributed by atoms with Crippen LogP contribution in [0.25, 0.3) is 0 Å². The number of hydrogen-bond acceptors (Lipinski definition) is 4. The lowest BCUT2D eigenvalue weighted by Crippen LogP contribution is -2.19. The molecule has 2 aromatic rings. The highest BCUT2D eigenvalue weighted by molar-refractivity contribution is 7.92. The third-order valence-electron chi connectivity index (χ3n) is 3.53. The fourth-order valence-electron chi connectivity index (χ4n) is 2.39. The summed E-state index contributed by atoms with van der Waals surface area (Å²) in [5.74, 6) is 0. The van der Waals surface area contributed by atoms with Crippen molar-refractivity contribution in [3.05, 3.63) is 41.7 Å². The summed E-state index contributed by atoms with van der Waals surface area (Å²) in [5, 5.41) is 4.62. The molecule has 1 N–H and O–H groups in total. The fraction of sp³-hybridized carbons (Fsp3) is 0.357. The van der Waals surface area contributed by atoms with Crippen LogP contribution in [-0.4, -0.2) is 31.4 Å². The Hall–Kier alpha value is -1.57. The summed E-state index contributed by atoms with van der Waals surface area (Å²) >= 11 is 5.84. The summed E-state index contributed by atoms with van der Waals surface area (Å²) in [5.41, 5.74) is 0.437. The molecule has 0 atom stereocenters. The van der Waals surface area contributed by atoms with Gasteiger partial charge in [-0.25, -0.2) is 8.42 Å². The Labute approximate surface area is 134 Å². The Balaban J connectivity index is 1.76. The molecule has 1 aliphatic heterocycles. The number of rotatable bonds is 4. The molecule has 6 nitrogen and oxygen atoms in total. The smallest absolute Gasteiger partial charge is 0.262 e. The molecule has 2 heterocycles. The van der Waals surface area contributed by atoms with Gasteiger partial charge in [0.15, 0.2) is 0 Å². The molecule has 0 spiro atoms. The Bertz CT molecular complexity index is 754. The van der Waals surface area contributed by atoms with Crippen molar-refractivity contribution in [3.8, 4) is 0 Å². The molecule has 22 heavy (non-hydrogen) atoms. The minimum atomic E-state index is -3.67. The molecule has 1 fully saturated rings. The number of benzene rings is 1. The first-order chi connectivity index (χ1) is 10.5. The second-order valence-electron chi connectivity index (χ2n) is 5.12. The number of halogens is 1. The zero-order valence-electron chi connectivity index (χ0n) is 11.8. The molecule has 0 bridgehead atoms. The van der Waals surface area contributed by atoms with Gasteiger partial charge < -0.3 is 4.74 Å². The van der Waals surface area contributed by atoms with Crippen LogP contribution in [0, 0.1) is 0 Å². The highest BCUT2D eigenvalue weighted by atomic mass is 35.5. The van der Waals surface area contributed by atoms with Gasteiger partial charge in [-0.1, -0.05) is 17.7 Å². The van der Waals surface area contributed by atoms with Crippen LogP contribution in [0.3, 0.4) is 0 Å². The lowest BCUT2D eigenvalue weighted by atomic mass is 10.1. The molecule has 1 aromatic heterocycles. The molecule has 1 aliphatic rings. The van der Waals surface area contributed by atoms with Crippen molar-refractivity contribution in [3.63, 3.8) is 0 Å². The van der Waals surface area contributed by atoms with Gasteiger partial charge in [0, 0.05) is 24.4 Å². The number of anilines is 1. The predicted molar refractivity (Wildman–Crippen MR) is 83.6 cm³/mol. The second kappa shape index (κ2) is 6.28. The van der Waals surface area contributed by atoms with Gasteiger partial charge in [-0.3, -0.25) is 9.40 Å². The number of sulfonamides is 1. The summed E-state index contributed by atoms with van der Waals surface area (Å²) in [6, 6.07) is 6.38. The summed E-state index contributed by atoms with van der Waals surface area (Å²) in [6.07, 6.45) is 4.97. The third kappa shape index (κ3) is 3.43. The minimum Gasteiger partial charge on any atom is -0.381 e. The van der Waals surface area contributed by atoms with Crippen molar-refractivity contribution < 1.29 is 13.2 Å². The van der Waals surface area contributed by atoms with Crippen LogP contribution in [0.15, 0.2) is 41.6 Å². The first kappa shape index (κ1) is 15.3. The predicted octanol–water partition coefficient (Wildman–Crippen LogP) is 2.69. The van der Waals surface area contributed by atoms with Crippen molar-refractivity contribution in [2.24, 2.45) is 0 Å². The third-order valence-corrected chi connectivity index (χ3v) is 5.14. The highest BCUT2D eigenvalue weighted by Gasteiger charge is 2.19. The maximum atomic E-state index is 12.3. The Morgan fingerprint density at radius 3 is 2.82 bits per heavy atom. The minimum absolute atomic E-state index is 0.124. The molecule has 3 rings (SSSR count). The molecule has 0 unspecified atom stereocenters. The number of hydrogen-bond donors (Lipinski definition) is 1. The van der Waals surface area contributed by atoms with Crippen LogP contribution in [-0.2, 0) is 14.8 Å². The average molecular weight is 342 g/mol. The van der Waals surface area contributed by atoms with Gasteiger partial charge in [-0.2, -0.15) is 5.10 Å². The van der Waals surface area contributed by atoms with Crippen LogP contribution >= 0.6 is 11.6 Å². The average Bonchev–Trinajstić information content (AvgIpc) is 2.96. The van der Waals surface area contributed by atoms with E-state index in [0.717, 1.165) is 12.8 Å². The first-order valence-corrected chi connectivity index (χ1v) is 8.81. The molecule has 0 amide bonds. The summed E-state index contributed by atoms with van der Waals surface area (Å²) in [7, 11) is -3.67. The van der Waals surface area contributed by atoms with E-state index in [0.29, 0.717) is 23.9 Å². The zero-order valence-corrected chi connectivity index (χ0v) is 13.3. The van der Waals surface area contributed by atoms with Crippen molar-refractivity contribution in [2.45, 2.75) is 23.8 Å². The van der Waals surface area contributed by atoms with Gasteiger partial charge >= 0.3 is 0 Å². The zero-order chi connectivity index (χ0) is 15.6. The topological polar surface area (TPSA) is 73.2 Å². The molecule has 0 radical (unpaired) electrons. The fourth-order valence-corrected chi connectivity index (χ4v) is 3.72. The summed E-state index contributed by atoms with van der Waals surface area (Å²) < 4.78 is 34.2. The van der Waals surface area contributed by atoms with E-state index in [2.05, 4.69) is 9.82 Å². The molecular weight excluding hydrogens is 326 g/mol. The van der Waals surface area contributed by atoms with E-state index in [1.54, 1.807) is 23.0 Å². The van der Waals surface area contributed by atoms with Crippen molar-refractivity contribution in [1.29, 1.82) is 0 Å². The van der Waals surface area contributed by atoms with Gasteiger partial charge in [0.25, 0.3) is 10.0 Å². The number of nitrogens with zero attached hydrogens (tertiary/aromatic N) is 2. The van der Waals surface area contributed by atoms with E-state index >= 15 is 0 Å². The quantitative estimate of drug-likeness (QED) is 0.928. The van der Waals surface area contributed by atoms with Crippen molar-refractivity contribution in [1.82, 2.24) is 9.78 Å².